The van der Waals surface area contributed by atoms with Gasteiger partial charge in [-0.2, -0.15) is 0 Å². The van der Waals surface area contributed by atoms with Crippen molar-refractivity contribution in [1.82, 2.24) is 0 Å². The molecule has 2 unspecified atom stereocenters. The first kappa shape index (κ1) is 4.73. The van der Waals surface area contributed by atoms with Crippen molar-refractivity contribution in [3.63, 3.8) is 0 Å². The molecule has 2 heterocycles. The van der Waals surface area contributed by atoms with E-state index >= 15 is 0 Å². The second-order valence-electron chi connectivity index (χ2n) is 2.15. The van der Waals surface area contributed by atoms with Gasteiger partial charge in [-0.25, -0.2) is 0 Å². The molecule has 0 spiro atoms. The predicted octanol–water partition coefficient (Wildman–Crippen LogP) is 0.104. The highest BCUT2D eigenvalue weighted by Crippen LogP contribution is 2.29. The Morgan fingerprint density at radius 3 is 2.75 bits per heavy atom. The van der Waals surface area contributed by atoms with Gasteiger partial charge in [0.15, 0.2) is 0 Å². The molecule has 46 valence electrons. The number of hydrogen-bond donors (Lipinski definition) is 0. The van der Waals surface area contributed by atoms with Crippen molar-refractivity contribution in [2.45, 2.75) is 25.6 Å². The average molecular weight is 116 g/mol. The minimum Gasteiger partial charge on any atom is -0.345 e. The molecule has 2 aliphatic rings. The zero-order valence-corrected chi connectivity index (χ0v) is 4.66. The van der Waals surface area contributed by atoms with Gasteiger partial charge in [-0.1, -0.05) is 0 Å². The van der Waals surface area contributed by atoms with Crippen LogP contribution in [-0.4, -0.2) is 25.3 Å². The zero-order chi connectivity index (χ0) is 5.56. The zero-order valence-electron chi connectivity index (χ0n) is 4.66. The van der Waals surface area contributed by atoms with Crippen LogP contribution in [0.5, 0.6) is 0 Å². The summed E-state index contributed by atoms with van der Waals surface area (Å²) in [6, 6.07) is 0. The van der Waals surface area contributed by atoms with Crippen LogP contribution in [0.2, 0.25) is 0 Å². The Balaban J connectivity index is 1.93. The topological polar surface area (TPSA) is 31.0 Å². The Morgan fingerprint density at radius 1 is 1.25 bits per heavy atom. The summed E-state index contributed by atoms with van der Waals surface area (Å²) in [4.78, 5) is 0. The highest BCUT2D eigenvalue weighted by Gasteiger charge is 2.46. The molecule has 0 aromatic rings. The van der Waals surface area contributed by atoms with Crippen molar-refractivity contribution in [2.75, 3.05) is 6.61 Å². The van der Waals surface area contributed by atoms with Gasteiger partial charge in [-0.15, -0.1) is 0 Å². The second kappa shape index (κ2) is 1.43. The van der Waals surface area contributed by atoms with E-state index in [0.29, 0.717) is 6.61 Å². The van der Waals surface area contributed by atoms with Crippen molar-refractivity contribution >= 4 is 0 Å². The molecule has 0 radical (unpaired) electrons. The molecule has 2 rings (SSSR count). The van der Waals surface area contributed by atoms with Gasteiger partial charge in [0.25, 0.3) is 0 Å². The van der Waals surface area contributed by atoms with Gasteiger partial charge < -0.3 is 14.2 Å². The van der Waals surface area contributed by atoms with Crippen LogP contribution in [0.3, 0.4) is 0 Å². The number of fused-ring (bicyclic) bond motifs is 1. The molecule has 3 nitrogen and oxygen atoms in total. The fourth-order valence-electron chi connectivity index (χ4n) is 0.800. The summed E-state index contributed by atoms with van der Waals surface area (Å²) in [6.07, 6.45) is 0.128. The molecule has 0 amide bonds. The first-order valence-corrected chi connectivity index (χ1v) is 2.79. The maximum atomic E-state index is 5.21. The van der Waals surface area contributed by atoms with Gasteiger partial charge in [0.2, 0.25) is 12.6 Å². The summed E-state index contributed by atoms with van der Waals surface area (Å²) in [5.41, 5.74) is 0. The largest absolute Gasteiger partial charge is 0.345 e. The Labute approximate surface area is 47.5 Å². The Kier molecular flexibility index (Phi) is 0.848. The van der Waals surface area contributed by atoms with Crippen molar-refractivity contribution in [1.29, 1.82) is 0 Å². The average Bonchev–Trinajstić information content (AvgIpc) is 2.43. The normalized spacial score (nSPS) is 52.9. The fraction of sp³-hybridized carbons (Fsp3) is 1.00. The summed E-state index contributed by atoms with van der Waals surface area (Å²) in [5.74, 6) is 0. The molecule has 0 N–H and O–H groups in total. The van der Waals surface area contributed by atoms with E-state index in [1.165, 1.54) is 0 Å². The summed E-state index contributed by atoms with van der Waals surface area (Å²) in [6.45, 7) is 2.64. The van der Waals surface area contributed by atoms with E-state index in [-0.39, 0.29) is 18.7 Å². The highest BCUT2D eigenvalue weighted by molar-refractivity contribution is 4.72. The summed E-state index contributed by atoms with van der Waals surface area (Å²) >= 11 is 0. The highest BCUT2D eigenvalue weighted by atomic mass is 16.9. The molecule has 8 heavy (non-hydrogen) atoms. The third-order valence-electron chi connectivity index (χ3n) is 1.28. The van der Waals surface area contributed by atoms with Crippen LogP contribution in [0.25, 0.3) is 0 Å². The Morgan fingerprint density at radius 2 is 2.12 bits per heavy atom. The fourth-order valence-corrected chi connectivity index (χ4v) is 0.800. The maximum Gasteiger partial charge on any atom is 0.212 e. The van der Waals surface area contributed by atoms with Crippen molar-refractivity contribution < 1.29 is 14.2 Å². The van der Waals surface area contributed by atoms with Crippen LogP contribution >= 0.6 is 0 Å². The first-order valence-electron chi connectivity index (χ1n) is 2.79. The van der Waals surface area contributed by atoms with Gasteiger partial charge in [0.05, 0.1) is 12.7 Å². The molecule has 3 heteroatoms. The van der Waals surface area contributed by atoms with Crippen LogP contribution in [-0.2, 0) is 14.2 Å². The molecule has 3 atom stereocenters. The first-order chi connectivity index (χ1) is 3.86. The van der Waals surface area contributed by atoms with Crippen molar-refractivity contribution in [3.8, 4) is 0 Å². The van der Waals surface area contributed by atoms with Gasteiger partial charge in [0, 0.05) is 0 Å². The monoisotopic (exact) mass is 116 g/mol. The van der Waals surface area contributed by atoms with Gasteiger partial charge in [-0.05, 0) is 6.92 Å². The predicted molar refractivity (Wildman–Crippen MR) is 25.2 cm³/mol. The number of epoxide rings is 1. The van der Waals surface area contributed by atoms with Crippen molar-refractivity contribution in [2.24, 2.45) is 0 Å². The Hall–Kier alpha value is -0.120. The molecular weight excluding hydrogens is 108 g/mol. The van der Waals surface area contributed by atoms with Crippen LogP contribution in [0, 0.1) is 0 Å². The minimum absolute atomic E-state index is 0.0359. The molecular formula is C5H8O3. The summed E-state index contributed by atoms with van der Waals surface area (Å²) < 4.78 is 15.2. The van der Waals surface area contributed by atoms with Crippen LogP contribution in [0.15, 0.2) is 0 Å². The van der Waals surface area contributed by atoms with E-state index in [1.54, 1.807) is 0 Å². The van der Waals surface area contributed by atoms with Gasteiger partial charge in [-0.3, -0.25) is 0 Å². The van der Waals surface area contributed by atoms with E-state index in [0.717, 1.165) is 0 Å². The second-order valence-corrected chi connectivity index (χ2v) is 2.15. The SMILES string of the molecule is C[C@H]1COC2OC2O1. The Bertz CT molecular complexity index is 104. The van der Waals surface area contributed by atoms with Gasteiger partial charge in [0.1, 0.15) is 0 Å². The molecule has 0 aromatic heterocycles. The molecule has 0 saturated carbocycles. The molecule has 2 fully saturated rings. The maximum absolute atomic E-state index is 5.21. The number of ether oxygens (including phenoxy) is 3. The standard InChI is InChI=1S/C5H8O3/c1-3-2-6-4-5(7-3)8-4/h3-5H,2H2,1H3/t3-,4?,5?/m0/s1. The van der Waals surface area contributed by atoms with Crippen LogP contribution in [0.4, 0.5) is 0 Å². The lowest BCUT2D eigenvalue weighted by Crippen LogP contribution is -2.25. The molecule has 0 aromatic carbocycles. The third-order valence-corrected chi connectivity index (χ3v) is 1.28. The summed E-state index contributed by atoms with van der Waals surface area (Å²) in [7, 11) is 0. The lowest BCUT2D eigenvalue weighted by atomic mass is 10.4. The van der Waals surface area contributed by atoms with Crippen LogP contribution < -0.4 is 0 Å². The van der Waals surface area contributed by atoms with E-state index in [1.807, 2.05) is 6.92 Å². The molecule has 2 aliphatic heterocycles. The summed E-state index contributed by atoms with van der Waals surface area (Å²) in [5, 5.41) is 0. The molecule has 2 saturated heterocycles. The molecule has 0 aliphatic carbocycles. The molecule has 0 bridgehead atoms. The van der Waals surface area contributed by atoms with E-state index in [2.05, 4.69) is 0 Å². The van der Waals surface area contributed by atoms with E-state index in [4.69, 9.17) is 14.2 Å². The van der Waals surface area contributed by atoms with Crippen LogP contribution in [0.1, 0.15) is 6.92 Å². The van der Waals surface area contributed by atoms with E-state index in [9.17, 15) is 0 Å². The smallest absolute Gasteiger partial charge is 0.212 e. The quantitative estimate of drug-likeness (QED) is 0.421. The minimum atomic E-state index is -0.0428. The number of rotatable bonds is 0. The van der Waals surface area contributed by atoms with E-state index < -0.39 is 0 Å². The van der Waals surface area contributed by atoms with Crippen molar-refractivity contribution in [3.05, 3.63) is 0 Å². The number of hydrogen-bond acceptors (Lipinski definition) is 3. The lowest BCUT2D eigenvalue weighted by Gasteiger charge is -2.13. The third kappa shape index (κ3) is 0.632. The van der Waals surface area contributed by atoms with Gasteiger partial charge >= 0.3 is 0 Å². The lowest BCUT2D eigenvalue weighted by molar-refractivity contribution is -0.0841.